The molecular formula is C66H38S2. The molecule has 0 saturated carbocycles. The maximum Gasteiger partial charge on any atom is 0.0361 e. The first-order valence-electron chi connectivity index (χ1n) is 23.4. The molecule has 0 radical (unpaired) electrons. The molecule has 2 heterocycles. The second-order valence-electron chi connectivity index (χ2n) is 18.2. The maximum atomic E-state index is 2.45. The minimum absolute atomic E-state index is 1.25. The van der Waals surface area contributed by atoms with Crippen molar-refractivity contribution in [3.8, 4) is 44.5 Å². The Morgan fingerprint density at radius 2 is 0.529 bits per heavy atom. The normalized spacial score (nSPS) is 12.1. The third-order valence-corrected chi connectivity index (χ3v) is 16.8. The van der Waals surface area contributed by atoms with Gasteiger partial charge in [-0.25, -0.2) is 0 Å². The van der Waals surface area contributed by atoms with E-state index in [4.69, 9.17) is 0 Å². The van der Waals surface area contributed by atoms with E-state index in [0.29, 0.717) is 0 Å². The molecular weight excluding hydrogens is 857 g/mol. The molecule has 68 heavy (non-hydrogen) atoms. The molecule has 15 rings (SSSR count). The average Bonchev–Trinajstić information content (AvgIpc) is 3.97. The van der Waals surface area contributed by atoms with Crippen molar-refractivity contribution in [3.05, 3.63) is 231 Å². The monoisotopic (exact) mass is 894 g/mol. The first kappa shape index (κ1) is 38.0. The number of hydrogen-bond acceptors (Lipinski definition) is 2. The molecule has 0 amide bonds. The van der Waals surface area contributed by atoms with Crippen molar-refractivity contribution in [2.45, 2.75) is 0 Å². The van der Waals surface area contributed by atoms with Gasteiger partial charge in [0.25, 0.3) is 0 Å². The van der Waals surface area contributed by atoms with E-state index in [2.05, 4.69) is 231 Å². The van der Waals surface area contributed by atoms with Crippen LogP contribution in [0.25, 0.3) is 149 Å². The topological polar surface area (TPSA) is 0 Å². The Morgan fingerprint density at radius 3 is 0.971 bits per heavy atom. The molecule has 0 aliphatic heterocycles. The highest BCUT2D eigenvalue weighted by molar-refractivity contribution is 7.26. The molecule has 0 N–H and O–H groups in total. The van der Waals surface area contributed by atoms with Crippen molar-refractivity contribution in [3.63, 3.8) is 0 Å². The molecule has 0 aliphatic carbocycles. The molecule has 15 aromatic rings. The number of fused-ring (bicyclic) bond motifs is 14. The first-order valence-corrected chi connectivity index (χ1v) is 25.0. The number of hydrogen-bond donors (Lipinski definition) is 0. The minimum Gasteiger partial charge on any atom is -0.135 e. The summed E-state index contributed by atoms with van der Waals surface area (Å²) < 4.78 is 5.28. The Balaban J connectivity index is 0.892. The zero-order valence-electron chi connectivity index (χ0n) is 36.8. The SMILES string of the molecule is c1ccc(-c2c3ccccc3c(-c3ccc4c(c3)sc3ccc5c(ccc6sc7cc(-c8c9ccccc9c(-c9ccc%10ccccc%10c9)c9ccccc89)ccc7c65)c34)c3ccccc23)cc1. The summed E-state index contributed by atoms with van der Waals surface area (Å²) in [4.78, 5) is 0. The standard InChI is InChI=1S/C66H38S2/c1-2-15-40(16-3-1)61-45-18-6-8-20-47(45)63(48-21-9-7-19-46(48)61)43-28-30-55-59(37-43)67-57-34-32-54-53(65(55)57)33-35-58-66(54)56-31-29-44(38-60(56)68-58)64-51-24-12-10-22-49(51)62(50-23-11-13-25-52(50)64)42-27-26-39-14-4-5-17-41(39)36-42/h1-38H. The van der Waals surface area contributed by atoms with Gasteiger partial charge in [0.15, 0.2) is 0 Å². The van der Waals surface area contributed by atoms with Crippen LogP contribution >= 0.6 is 22.7 Å². The lowest BCUT2D eigenvalue weighted by atomic mass is 9.85. The van der Waals surface area contributed by atoms with Crippen LogP contribution in [0.1, 0.15) is 0 Å². The van der Waals surface area contributed by atoms with Crippen LogP contribution in [0.15, 0.2) is 231 Å². The van der Waals surface area contributed by atoms with Gasteiger partial charge in [-0.3, -0.25) is 0 Å². The first-order chi connectivity index (χ1) is 33.7. The summed E-state index contributed by atoms with van der Waals surface area (Å²) in [7, 11) is 0. The van der Waals surface area contributed by atoms with Crippen molar-refractivity contribution >= 4 is 128 Å². The second kappa shape index (κ2) is 14.7. The summed E-state index contributed by atoms with van der Waals surface area (Å²) in [5.41, 5.74) is 10.2. The fourth-order valence-corrected chi connectivity index (χ4v) is 14.0. The van der Waals surface area contributed by atoms with Crippen LogP contribution in [0.5, 0.6) is 0 Å². The van der Waals surface area contributed by atoms with Crippen molar-refractivity contribution in [2.24, 2.45) is 0 Å². The average molecular weight is 895 g/mol. The van der Waals surface area contributed by atoms with Gasteiger partial charge >= 0.3 is 0 Å². The van der Waals surface area contributed by atoms with Crippen LogP contribution in [-0.2, 0) is 0 Å². The van der Waals surface area contributed by atoms with E-state index in [0.717, 1.165) is 0 Å². The summed E-state index contributed by atoms with van der Waals surface area (Å²) in [5.74, 6) is 0. The largest absolute Gasteiger partial charge is 0.135 e. The van der Waals surface area contributed by atoms with Crippen LogP contribution in [0.3, 0.4) is 0 Å². The van der Waals surface area contributed by atoms with Gasteiger partial charge in [0.2, 0.25) is 0 Å². The molecule has 0 fully saturated rings. The zero-order chi connectivity index (χ0) is 44.5. The van der Waals surface area contributed by atoms with Gasteiger partial charge in [-0.15, -0.1) is 22.7 Å². The van der Waals surface area contributed by atoms with Crippen molar-refractivity contribution < 1.29 is 0 Å². The van der Waals surface area contributed by atoms with E-state index >= 15 is 0 Å². The fraction of sp³-hybridized carbons (Fsp3) is 0. The van der Waals surface area contributed by atoms with Crippen molar-refractivity contribution in [2.75, 3.05) is 0 Å². The molecule has 2 heteroatoms. The Bertz CT molecular complexity index is 4490. The van der Waals surface area contributed by atoms with Gasteiger partial charge < -0.3 is 0 Å². The zero-order valence-corrected chi connectivity index (χ0v) is 38.4. The van der Waals surface area contributed by atoms with E-state index in [1.165, 1.54) is 149 Å². The molecule has 13 aromatic carbocycles. The summed E-state index contributed by atoms with van der Waals surface area (Å²) >= 11 is 3.82. The quantitative estimate of drug-likeness (QED) is 0.154. The summed E-state index contributed by atoms with van der Waals surface area (Å²) in [6, 6.07) is 86.3. The van der Waals surface area contributed by atoms with Crippen LogP contribution in [0, 0.1) is 0 Å². The predicted molar refractivity (Wildman–Crippen MR) is 299 cm³/mol. The van der Waals surface area contributed by atoms with Gasteiger partial charge in [0.1, 0.15) is 0 Å². The number of benzene rings is 13. The maximum absolute atomic E-state index is 2.45. The summed E-state index contributed by atoms with van der Waals surface area (Å²) in [6.07, 6.45) is 0. The van der Waals surface area contributed by atoms with Gasteiger partial charge in [0, 0.05) is 40.3 Å². The van der Waals surface area contributed by atoms with Gasteiger partial charge in [-0.1, -0.05) is 200 Å². The van der Waals surface area contributed by atoms with Crippen LogP contribution in [-0.4, -0.2) is 0 Å². The second-order valence-corrected chi connectivity index (χ2v) is 20.4. The molecule has 0 aliphatic rings. The fourth-order valence-electron chi connectivity index (χ4n) is 11.7. The predicted octanol–water partition coefficient (Wildman–Crippen LogP) is 20.0. The lowest BCUT2D eigenvalue weighted by Crippen LogP contribution is -1.90. The molecule has 0 saturated heterocycles. The molecule has 0 unspecified atom stereocenters. The Hall–Kier alpha value is -8.14. The molecule has 0 spiro atoms. The molecule has 0 atom stereocenters. The van der Waals surface area contributed by atoms with Crippen molar-refractivity contribution in [1.29, 1.82) is 0 Å². The smallest absolute Gasteiger partial charge is 0.0361 e. The highest BCUT2D eigenvalue weighted by Crippen LogP contribution is 2.50. The minimum atomic E-state index is 1.25. The van der Waals surface area contributed by atoms with E-state index in [1.807, 2.05) is 22.7 Å². The highest BCUT2D eigenvalue weighted by atomic mass is 32.1. The van der Waals surface area contributed by atoms with Crippen LogP contribution < -0.4 is 0 Å². The third-order valence-electron chi connectivity index (χ3n) is 14.6. The van der Waals surface area contributed by atoms with Crippen LogP contribution in [0.2, 0.25) is 0 Å². The summed E-state index contributed by atoms with van der Waals surface area (Å²) in [6.45, 7) is 0. The van der Waals surface area contributed by atoms with E-state index in [9.17, 15) is 0 Å². The lowest BCUT2D eigenvalue weighted by Gasteiger charge is -2.18. The van der Waals surface area contributed by atoms with E-state index in [-0.39, 0.29) is 0 Å². The number of rotatable bonds is 4. The van der Waals surface area contributed by atoms with Gasteiger partial charge in [0.05, 0.1) is 0 Å². The Kier molecular flexibility index (Phi) is 8.21. The Labute approximate surface area is 400 Å². The van der Waals surface area contributed by atoms with E-state index < -0.39 is 0 Å². The van der Waals surface area contributed by atoms with Gasteiger partial charge in [-0.2, -0.15) is 0 Å². The van der Waals surface area contributed by atoms with Crippen LogP contribution in [0.4, 0.5) is 0 Å². The lowest BCUT2D eigenvalue weighted by molar-refractivity contribution is 1.66. The highest BCUT2D eigenvalue weighted by Gasteiger charge is 2.21. The molecule has 0 nitrogen and oxygen atoms in total. The van der Waals surface area contributed by atoms with Gasteiger partial charge in [-0.05, 0) is 139 Å². The number of thiophene rings is 2. The molecule has 2 aromatic heterocycles. The third kappa shape index (κ3) is 5.53. The van der Waals surface area contributed by atoms with E-state index in [1.54, 1.807) is 0 Å². The molecule has 0 bridgehead atoms. The Morgan fingerprint density at radius 1 is 0.191 bits per heavy atom. The summed E-state index contributed by atoms with van der Waals surface area (Å²) in [5, 5.41) is 20.8. The molecule has 314 valence electrons. The van der Waals surface area contributed by atoms with Crippen molar-refractivity contribution in [1.82, 2.24) is 0 Å².